The molecule has 1 saturated heterocycles. The van der Waals surface area contributed by atoms with Crippen LogP contribution in [0.2, 0.25) is 0 Å². The number of rotatable bonds is 9. The average molecular weight is 612 g/mol. The van der Waals surface area contributed by atoms with E-state index in [-0.39, 0.29) is 11.3 Å². The molecule has 9 nitrogen and oxygen atoms in total. The molecular weight excluding hydrogens is 578 g/mol. The Morgan fingerprint density at radius 3 is 2.09 bits per heavy atom. The fourth-order valence-corrected chi connectivity index (χ4v) is 3.92. The number of aromatic carboxylic acids is 1. The molecule has 10 heteroatoms. The van der Waals surface area contributed by atoms with Gasteiger partial charge in [-0.1, -0.05) is 60.7 Å². The van der Waals surface area contributed by atoms with Crippen molar-refractivity contribution in [2.45, 2.75) is 13.8 Å². The van der Waals surface area contributed by atoms with E-state index in [1.807, 2.05) is 44.2 Å². The van der Waals surface area contributed by atoms with Crippen molar-refractivity contribution >= 4 is 48.2 Å². The number of carboxylic acid groups (broad SMARTS) is 1. The summed E-state index contributed by atoms with van der Waals surface area (Å²) in [5.74, 6) is -1.48. The van der Waals surface area contributed by atoms with Crippen LogP contribution in [0.4, 0.5) is 10.5 Å². The van der Waals surface area contributed by atoms with Crippen molar-refractivity contribution in [3.05, 3.63) is 125 Å². The zero-order valence-electron chi connectivity index (χ0n) is 24.5. The van der Waals surface area contributed by atoms with Crippen molar-refractivity contribution in [2.24, 2.45) is 0 Å². The van der Waals surface area contributed by atoms with Gasteiger partial charge in [0.1, 0.15) is 18.0 Å². The van der Waals surface area contributed by atoms with Crippen LogP contribution in [-0.2, 0) is 9.59 Å². The molecule has 4 rings (SSSR count). The molecule has 0 atom stereocenters. The van der Waals surface area contributed by atoms with Gasteiger partial charge in [0.25, 0.3) is 5.91 Å². The lowest BCUT2D eigenvalue weighted by atomic mass is 10.0. The Kier molecular flexibility index (Phi) is 11.9. The summed E-state index contributed by atoms with van der Waals surface area (Å²) in [7, 11) is 1.53. The molecule has 0 saturated carbocycles. The fraction of sp³-hybridized carbons (Fsp3) is 0.118. The first-order valence-corrected chi connectivity index (χ1v) is 13.8. The lowest BCUT2D eigenvalue weighted by Gasteiger charge is -2.12. The highest BCUT2D eigenvalue weighted by molar-refractivity contribution is 7.84. The molecule has 4 amide bonds. The Balaban J connectivity index is 0.000000512. The predicted molar refractivity (Wildman–Crippen MR) is 175 cm³/mol. The lowest BCUT2D eigenvalue weighted by molar-refractivity contribution is -0.127. The number of hydrogen-bond acceptors (Lipinski definition) is 6. The van der Waals surface area contributed by atoms with Gasteiger partial charge in [0.05, 0.1) is 12.7 Å². The highest BCUT2D eigenvalue weighted by Gasteiger charge is 2.34. The minimum absolute atomic E-state index is 0.0609. The number of amides is 4. The van der Waals surface area contributed by atoms with Gasteiger partial charge < -0.3 is 20.5 Å². The zero-order valence-corrected chi connectivity index (χ0v) is 25.4. The normalized spacial score (nSPS) is 13.2. The van der Waals surface area contributed by atoms with Gasteiger partial charge in [0.2, 0.25) is 5.91 Å². The highest BCUT2D eigenvalue weighted by Crippen LogP contribution is 2.22. The number of thiol groups is 1. The van der Waals surface area contributed by atoms with Crippen LogP contribution in [0.15, 0.2) is 114 Å². The number of nitrogens with one attached hydrogen (secondary N) is 2. The van der Waals surface area contributed by atoms with Crippen LogP contribution in [-0.4, -0.2) is 47.5 Å². The quantitative estimate of drug-likeness (QED) is 0.0942. The molecule has 0 aliphatic carbocycles. The number of nitrogens with zero attached hydrogens (tertiary/aromatic N) is 1. The van der Waals surface area contributed by atoms with E-state index in [1.54, 1.807) is 48.5 Å². The van der Waals surface area contributed by atoms with Crippen molar-refractivity contribution in [1.29, 1.82) is 0 Å². The van der Waals surface area contributed by atoms with E-state index in [4.69, 9.17) is 9.84 Å². The molecule has 226 valence electrons. The molecule has 1 heterocycles. The van der Waals surface area contributed by atoms with Crippen LogP contribution in [0.25, 0.3) is 17.2 Å². The second-order valence-electron chi connectivity index (χ2n) is 9.76. The maximum Gasteiger partial charge on any atom is 0.335 e. The molecule has 3 aromatic rings. The number of carboxylic acids is 1. The topological polar surface area (TPSA) is 125 Å². The van der Waals surface area contributed by atoms with Gasteiger partial charge in [0.15, 0.2) is 0 Å². The van der Waals surface area contributed by atoms with Gasteiger partial charge in [-0.15, -0.1) is 12.6 Å². The standard InChI is InChI=1S/C26H21N3O6.C8H12S/c1-35-21-12-10-20(11-13-21)27-23(30)15-29-24(31)22(28-26(29)34)14-16-2-4-17(5-3-16)18-6-8-19(9-7-18)25(32)33;1-7(2)5-4-6-8(3)9/h2-14H,15H2,1H3,(H,27,30)(H,28,34)(H,32,33);4-6,9H,3H2,1-2H3/b22-14-;6-4-. The van der Waals surface area contributed by atoms with Gasteiger partial charge in [-0.3, -0.25) is 9.59 Å². The van der Waals surface area contributed by atoms with Crippen molar-refractivity contribution < 1.29 is 29.0 Å². The maximum atomic E-state index is 12.7. The van der Waals surface area contributed by atoms with Gasteiger partial charge in [-0.2, -0.15) is 0 Å². The van der Waals surface area contributed by atoms with E-state index in [9.17, 15) is 19.2 Å². The summed E-state index contributed by atoms with van der Waals surface area (Å²) >= 11 is 3.99. The number of methoxy groups -OCH3 is 1. The summed E-state index contributed by atoms with van der Waals surface area (Å²) in [5.41, 5.74) is 4.43. The summed E-state index contributed by atoms with van der Waals surface area (Å²) in [4.78, 5) is 49.9. The first kappa shape index (κ1) is 33.2. The molecule has 0 bridgehead atoms. The third-order valence-corrected chi connectivity index (χ3v) is 6.19. The largest absolute Gasteiger partial charge is 0.497 e. The summed E-state index contributed by atoms with van der Waals surface area (Å²) in [6.07, 6.45) is 7.33. The van der Waals surface area contributed by atoms with Crippen molar-refractivity contribution in [3.8, 4) is 16.9 Å². The SMILES string of the molecule is C=C(S)/C=C\C=C(C)C.COc1ccc(NC(=O)CN2C(=O)N/C(=C\c3ccc(-c4ccc(C(=O)O)cc4)cc3)C2=O)cc1. The first-order valence-electron chi connectivity index (χ1n) is 13.4. The maximum absolute atomic E-state index is 12.7. The molecule has 0 aromatic heterocycles. The second kappa shape index (κ2) is 15.8. The molecule has 1 aliphatic heterocycles. The van der Waals surface area contributed by atoms with E-state index in [2.05, 4.69) is 29.8 Å². The Morgan fingerprint density at radius 2 is 1.57 bits per heavy atom. The zero-order chi connectivity index (χ0) is 32.2. The minimum atomic E-state index is -0.992. The Bertz CT molecular complexity index is 1620. The number of allylic oxidation sites excluding steroid dienone is 4. The Labute approximate surface area is 261 Å². The summed E-state index contributed by atoms with van der Waals surface area (Å²) in [5, 5.41) is 14.1. The molecule has 0 unspecified atom stereocenters. The van der Waals surface area contributed by atoms with Gasteiger partial charge >= 0.3 is 12.0 Å². The third-order valence-electron chi connectivity index (χ3n) is 6.04. The highest BCUT2D eigenvalue weighted by atomic mass is 32.1. The molecule has 0 radical (unpaired) electrons. The predicted octanol–water partition coefficient (Wildman–Crippen LogP) is 6.54. The monoisotopic (exact) mass is 611 g/mol. The minimum Gasteiger partial charge on any atom is -0.497 e. The summed E-state index contributed by atoms with van der Waals surface area (Å²) < 4.78 is 5.07. The smallest absolute Gasteiger partial charge is 0.335 e. The van der Waals surface area contributed by atoms with Gasteiger partial charge in [-0.05, 0) is 84.0 Å². The molecule has 44 heavy (non-hydrogen) atoms. The van der Waals surface area contributed by atoms with Crippen LogP contribution in [0.3, 0.4) is 0 Å². The number of carbonyl (C=O) groups is 4. The van der Waals surface area contributed by atoms with E-state index < -0.39 is 30.4 Å². The fourth-order valence-electron chi connectivity index (χ4n) is 3.83. The van der Waals surface area contributed by atoms with Crippen LogP contribution in [0, 0.1) is 0 Å². The van der Waals surface area contributed by atoms with Crippen LogP contribution >= 0.6 is 12.6 Å². The van der Waals surface area contributed by atoms with E-state index in [0.717, 1.165) is 20.9 Å². The van der Waals surface area contributed by atoms with Crippen LogP contribution in [0.1, 0.15) is 29.8 Å². The third kappa shape index (κ3) is 9.88. The number of carbonyl (C=O) groups excluding carboxylic acids is 3. The first-order chi connectivity index (χ1) is 21.0. The summed E-state index contributed by atoms with van der Waals surface area (Å²) in [6.45, 7) is 7.26. The van der Waals surface area contributed by atoms with E-state index >= 15 is 0 Å². The number of ether oxygens (including phenoxy) is 1. The second-order valence-corrected chi connectivity index (χ2v) is 10.3. The molecule has 3 N–H and O–H groups in total. The molecule has 0 spiro atoms. The Hall–Kier alpha value is -5.35. The molecule has 1 aliphatic rings. The van der Waals surface area contributed by atoms with Crippen molar-refractivity contribution in [1.82, 2.24) is 10.2 Å². The van der Waals surface area contributed by atoms with Crippen LogP contribution < -0.4 is 15.4 Å². The van der Waals surface area contributed by atoms with Crippen molar-refractivity contribution in [2.75, 3.05) is 19.0 Å². The van der Waals surface area contributed by atoms with Gasteiger partial charge in [0, 0.05) is 5.69 Å². The molecular formula is C34H33N3O6S. The van der Waals surface area contributed by atoms with E-state index in [1.165, 1.54) is 30.9 Å². The van der Waals surface area contributed by atoms with Gasteiger partial charge in [-0.25, -0.2) is 14.5 Å². The number of anilines is 1. The number of hydrogen-bond donors (Lipinski definition) is 4. The lowest BCUT2D eigenvalue weighted by Crippen LogP contribution is -2.38. The molecule has 3 aromatic carbocycles. The van der Waals surface area contributed by atoms with Crippen LogP contribution in [0.5, 0.6) is 5.75 Å². The number of benzene rings is 3. The summed E-state index contributed by atoms with van der Waals surface area (Å²) in [6, 6.07) is 19.7. The molecule has 1 fully saturated rings. The number of imide groups is 1. The number of urea groups is 1. The van der Waals surface area contributed by atoms with E-state index in [0.29, 0.717) is 17.0 Å². The average Bonchev–Trinajstić information content (AvgIpc) is 3.25. The van der Waals surface area contributed by atoms with Crippen molar-refractivity contribution in [3.63, 3.8) is 0 Å². The Morgan fingerprint density at radius 1 is 0.977 bits per heavy atom.